The van der Waals surface area contributed by atoms with Crippen LogP contribution in [0.1, 0.15) is 26.2 Å². The number of nitrogens with two attached hydrogens (primary N) is 1. The van der Waals surface area contributed by atoms with Crippen LogP contribution in [0.4, 0.5) is 0 Å². The second-order valence-electron chi connectivity index (χ2n) is 3.53. The molecule has 15 heavy (non-hydrogen) atoms. The fourth-order valence-electron chi connectivity index (χ4n) is 0.971. The standard InChI is InChI=1S/C9H18N2O4/c1-6(10)3-2-4-8(13)11-5-7(12)9(14)15/h6-7,12H,2-5,10H2,1H3,(H,11,13)(H,14,15)/t6?,7-/m0/s1. The molecule has 0 fully saturated rings. The Balaban J connectivity index is 3.53. The fourth-order valence-corrected chi connectivity index (χ4v) is 0.971. The van der Waals surface area contributed by atoms with Crippen LogP contribution in [0.25, 0.3) is 0 Å². The zero-order valence-electron chi connectivity index (χ0n) is 8.77. The smallest absolute Gasteiger partial charge is 0.334 e. The first-order valence-electron chi connectivity index (χ1n) is 4.86. The second kappa shape index (κ2) is 7.19. The van der Waals surface area contributed by atoms with E-state index in [-0.39, 0.29) is 18.5 Å². The SMILES string of the molecule is CC(N)CCCC(=O)NC[C@H](O)C(=O)O. The van der Waals surface area contributed by atoms with Crippen LogP contribution in [0.15, 0.2) is 0 Å². The summed E-state index contributed by atoms with van der Waals surface area (Å²) in [7, 11) is 0. The summed E-state index contributed by atoms with van der Waals surface area (Å²) >= 11 is 0. The monoisotopic (exact) mass is 218 g/mol. The average Bonchev–Trinajstić information content (AvgIpc) is 2.13. The number of aliphatic hydroxyl groups excluding tert-OH is 1. The Bertz CT molecular complexity index is 218. The summed E-state index contributed by atoms with van der Waals surface area (Å²) in [4.78, 5) is 21.3. The maximum atomic E-state index is 11.1. The minimum Gasteiger partial charge on any atom is -0.479 e. The molecule has 0 heterocycles. The molecule has 0 saturated carbocycles. The molecule has 0 saturated heterocycles. The highest BCUT2D eigenvalue weighted by atomic mass is 16.4. The Labute approximate surface area is 88.5 Å². The van der Waals surface area contributed by atoms with Gasteiger partial charge in [0.2, 0.25) is 5.91 Å². The van der Waals surface area contributed by atoms with E-state index in [0.717, 1.165) is 6.42 Å². The summed E-state index contributed by atoms with van der Waals surface area (Å²) in [6.45, 7) is 1.60. The van der Waals surface area contributed by atoms with Crippen LogP contribution in [0, 0.1) is 0 Å². The van der Waals surface area contributed by atoms with E-state index in [2.05, 4.69) is 5.32 Å². The average molecular weight is 218 g/mol. The minimum atomic E-state index is -1.54. The number of aliphatic hydroxyl groups is 1. The molecular formula is C9H18N2O4. The van der Waals surface area contributed by atoms with Crippen LogP contribution in [0.3, 0.4) is 0 Å². The van der Waals surface area contributed by atoms with Crippen molar-refractivity contribution in [3.05, 3.63) is 0 Å². The van der Waals surface area contributed by atoms with Gasteiger partial charge in [0.1, 0.15) is 0 Å². The molecule has 0 radical (unpaired) electrons. The van der Waals surface area contributed by atoms with Crippen molar-refractivity contribution in [2.45, 2.75) is 38.3 Å². The molecule has 88 valence electrons. The molecule has 0 aliphatic rings. The van der Waals surface area contributed by atoms with E-state index in [1.807, 2.05) is 6.92 Å². The number of carboxylic acids is 1. The number of aliphatic carboxylic acids is 1. The molecule has 1 unspecified atom stereocenters. The largest absolute Gasteiger partial charge is 0.479 e. The highest BCUT2D eigenvalue weighted by Gasteiger charge is 2.13. The van der Waals surface area contributed by atoms with Gasteiger partial charge in [0.25, 0.3) is 0 Å². The van der Waals surface area contributed by atoms with E-state index in [4.69, 9.17) is 15.9 Å². The number of rotatable bonds is 7. The predicted molar refractivity (Wildman–Crippen MR) is 54.2 cm³/mol. The van der Waals surface area contributed by atoms with Crippen molar-refractivity contribution in [1.29, 1.82) is 0 Å². The molecule has 0 aromatic carbocycles. The first-order chi connectivity index (χ1) is 6.93. The quantitative estimate of drug-likeness (QED) is 0.441. The van der Waals surface area contributed by atoms with E-state index in [0.29, 0.717) is 12.8 Å². The number of hydrogen-bond donors (Lipinski definition) is 4. The van der Waals surface area contributed by atoms with Crippen molar-refractivity contribution in [1.82, 2.24) is 5.32 Å². The second-order valence-corrected chi connectivity index (χ2v) is 3.53. The highest BCUT2D eigenvalue weighted by Crippen LogP contribution is 1.97. The van der Waals surface area contributed by atoms with Crippen molar-refractivity contribution in [2.24, 2.45) is 5.73 Å². The third-order valence-electron chi connectivity index (χ3n) is 1.84. The first-order valence-corrected chi connectivity index (χ1v) is 4.86. The summed E-state index contributed by atoms with van der Waals surface area (Å²) in [5.41, 5.74) is 5.49. The molecule has 0 aliphatic heterocycles. The number of carbonyl (C=O) groups is 2. The van der Waals surface area contributed by atoms with Crippen LogP contribution in [0.2, 0.25) is 0 Å². The summed E-state index contributed by atoms with van der Waals surface area (Å²) in [6.07, 6.45) is 0.164. The number of nitrogens with one attached hydrogen (secondary N) is 1. The van der Waals surface area contributed by atoms with Crippen LogP contribution in [-0.2, 0) is 9.59 Å². The minimum absolute atomic E-state index is 0.0578. The molecule has 0 aromatic rings. The van der Waals surface area contributed by atoms with Crippen molar-refractivity contribution in [3.63, 3.8) is 0 Å². The van der Waals surface area contributed by atoms with Crippen molar-refractivity contribution in [3.8, 4) is 0 Å². The number of hydrogen-bond acceptors (Lipinski definition) is 4. The Kier molecular flexibility index (Phi) is 6.64. The van der Waals surface area contributed by atoms with Gasteiger partial charge in [-0.2, -0.15) is 0 Å². The van der Waals surface area contributed by atoms with E-state index in [1.165, 1.54) is 0 Å². The van der Waals surface area contributed by atoms with Gasteiger partial charge in [-0.3, -0.25) is 4.79 Å². The maximum Gasteiger partial charge on any atom is 0.334 e. The number of amides is 1. The summed E-state index contributed by atoms with van der Waals surface area (Å²) < 4.78 is 0. The van der Waals surface area contributed by atoms with Crippen LogP contribution < -0.4 is 11.1 Å². The third kappa shape index (κ3) is 7.90. The topological polar surface area (TPSA) is 113 Å². The van der Waals surface area contributed by atoms with Crippen molar-refractivity contribution < 1.29 is 19.8 Å². The fraction of sp³-hybridized carbons (Fsp3) is 0.778. The molecule has 0 rings (SSSR count). The van der Waals surface area contributed by atoms with E-state index in [9.17, 15) is 9.59 Å². The van der Waals surface area contributed by atoms with E-state index < -0.39 is 12.1 Å². The molecule has 5 N–H and O–H groups in total. The first kappa shape index (κ1) is 13.9. The molecule has 0 aromatic heterocycles. The Hall–Kier alpha value is -1.14. The van der Waals surface area contributed by atoms with Gasteiger partial charge in [0, 0.05) is 12.5 Å². The lowest BCUT2D eigenvalue weighted by molar-refractivity contribution is -0.146. The van der Waals surface area contributed by atoms with Gasteiger partial charge in [-0.05, 0) is 19.8 Å². The van der Waals surface area contributed by atoms with Gasteiger partial charge >= 0.3 is 5.97 Å². The number of carbonyl (C=O) groups excluding carboxylic acids is 1. The van der Waals surface area contributed by atoms with E-state index >= 15 is 0 Å². The Morgan fingerprint density at radius 1 is 1.47 bits per heavy atom. The van der Waals surface area contributed by atoms with Gasteiger partial charge in [0.05, 0.1) is 6.54 Å². The molecule has 6 nitrogen and oxygen atoms in total. The van der Waals surface area contributed by atoms with Crippen LogP contribution in [-0.4, -0.2) is 40.8 Å². The van der Waals surface area contributed by atoms with E-state index in [1.54, 1.807) is 0 Å². The summed E-state index contributed by atoms with van der Waals surface area (Å²) in [6, 6.07) is 0.0578. The third-order valence-corrected chi connectivity index (χ3v) is 1.84. The lowest BCUT2D eigenvalue weighted by Crippen LogP contribution is -2.36. The summed E-state index contributed by atoms with van der Waals surface area (Å²) in [5.74, 6) is -1.61. The lowest BCUT2D eigenvalue weighted by Gasteiger charge is -2.08. The Morgan fingerprint density at radius 2 is 2.07 bits per heavy atom. The van der Waals surface area contributed by atoms with Crippen LogP contribution >= 0.6 is 0 Å². The Morgan fingerprint density at radius 3 is 2.53 bits per heavy atom. The molecule has 1 amide bonds. The highest BCUT2D eigenvalue weighted by molar-refractivity contribution is 5.77. The molecule has 0 spiro atoms. The maximum absolute atomic E-state index is 11.1. The van der Waals surface area contributed by atoms with Gasteiger partial charge in [-0.1, -0.05) is 0 Å². The predicted octanol–water partition coefficient (Wildman–Crippen LogP) is -0.934. The van der Waals surface area contributed by atoms with Gasteiger partial charge in [0.15, 0.2) is 6.10 Å². The zero-order valence-corrected chi connectivity index (χ0v) is 8.77. The van der Waals surface area contributed by atoms with Gasteiger partial charge in [-0.25, -0.2) is 4.79 Å². The normalized spacial score (nSPS) is 14.3. The molecular weight excluding hydrogens is 200 g/mol. The molecule has 0 bridgehead atoms. The molecule has 0 aliphatic carbocycles. The summed E-state index contributed by atoms with van der Waals surface area (Å²) in [5, 5.41) is 19.5. The zero-order chi connectivity index (χ0) is 11.8. The molecule has 2 atom stereocenters. The van der Waals surface area contributed by atoms with Gasteiger partial charge in [-0.15, -0.1) is 0 Å². The van der Waals surface area contributed by atoms with Crippen LogP contribution in [0.5, 0.6) is 0 Å². The van der Waals surface area contributed by atoms with Crippen molar-refractivity contribution in [2.75, 3.05) is 6.54 Å². The lowest BCUT2D eigenvalue weighted by atomic mass is 10.1. The number of carboxylic acid groups (broad SMARTS) is 1. The molecule has 6 heteroatoms. The van der Waals surface area contributed by atoms with Gasteiger partial charge < -0.3 is 21.3 Å². The van der Waals surface area contributed by atoms with Crippen molar-refractivity contribution >= 4 is 11.9 Å².